The largest absolute Gasteiger partial charge is 0.477 e. The summed E-state index contributed by atoms with van der Waals surface area (Å²) < 4.78 is 28.6. The molecule has 0 atom stereocenters. The van der Waals surface area contributed by atoms with E-state index in [9.17, 15) is 13.2 Å². The highest BCUT2D eigenvalue weighted by molar-refractivity contribution is 7.92. The van der Waals surface area contributed by atoms with Gasteiger partial charge in [-0.3, -0.25) is 4.72 Å². The van der Waals surface area contributed by atoms with Gasteiger partial charge in [0.15, 0.2) is 0 Å². The number of rotatable bonds is 5. The number of hydrogen-bond donors (Lipinski definition) is 2. The molecule has 2 N–H and O–H groups in total. The Balaban J connectivity index is 1.57. The van der Waals surface area contributed by atoms with Crippen LogP contribution in [0, 0.1) is 18.8 Å². The number of benzene rings is 3. The summed E-state index contributed by atoms with van der Waals surface area (Å²) in [4.78, 5) is 14.9. The highest BCUT2D eigenvalue weighted by Crippen LogP contribution is 2.26. The lowest BCUT2D eigenvalue weighted by Gasteiger charge is -2.11. The van der Waals surface area contributed by atoms with Gasteiger partial charge < -0.3 is 5.11 Å². The molecule has 0 saturated carbocycles. The van der Waals surface area contributed by atoms with Crippen molar-refractivity contribution in [1.82, 2.24) is 4.98 Å². The highest BCUT2D eigenvalue weighted by atomic mass is 32.2. The second kappa shape index (κ2) is 9.61. The molecule has 0 radical (unpaired) electrons. The van der Waals surface area contributed by atoms with Gasteiger partial charge in [0.05, 0.1) is 10.6 Å². The summed E-state index contributed by atoms with van der Waals surface area (Å²) in [6.45, 7) is 2.01. The molecule has 0 amide bonds. The van der Waals surface area contributed by atoms with Gasteiger partial charge in [0.1, 0.15) is 5.69 Å². The van der Waals surface area contributed by atoms with Crippen LogP contribution in [0.25, 0.3) is 11.1 Å². The first-order chi connectivity index (χ1) is 16.3. The van der Waals surface area contributed by atoms with Gasteiger partial charge in [-0.1, -0.05) is 60.4 Å². The highest BCUT2D eigenvalue weighted by Gasteiger charge is 2.16. The number of aromatic nitrogens is 1. The van der Waals surface area contributed by atoms with Crippen molar-refractivity contribution in [2.75, 3.05) is 4.72 Å². The monoisotopic (exact) mass is 468 g/mol. The van der Waals surface area contributed by atoms with Crippen molar-refractivity contribution in [2.45, 2.75) is 11.8 Å². The summed E-state index contributed by atoms with van der Waals surface area (Å²) in [5.41, 5.74) is 4.34. The third-order valence-corrected chi connectivity index (χ3v) is 6.50. The fraction of sp³-hybridized carbons (Fsp3) is 0.0370. The minimum Gasteiger partial charge on any atom is -0.477 e. The van der Waals surface area contributed by atoms with Gasteiger partial charge in [-0.2, -0.15) is 0 Å². The number of pyridine rings is 1. The lowest BCUT2D eigenvalue weighted by atomic mass is 10.0. The SMILES string of the molecule is Cc1ccccc1-c1ccc(S(=O)(=O)Nc2ccccc2C#Cc2ccc(C(=O)O)nc2)cc1. The lowest BCUT2D eigenvalue weighted by Crippen LogP contribution is -2.13. The zero-order chi connectivity index (χ0) is 24.1. The van der Waals surface area contributed by atoms with Crippen LogP contribution in [-0.2, 0) is 10.0 Å². The van der Waals surface area contributed by atoms with E-state index >= 15 is 0 Å². The van der Waals surface area contributed by atoms with E-state index in [1.807, 2.05) is 31.2 Å². The third kappa shape index (κ3) is 5.14. The topological polar surface area (TPSA) is 96.4 Å². The zero-order valence-electron chi connectivity index (χ0n) is 18.2. The number of nitrogens with one attached hydrogen (secondary N) is 1. The molecule has 0 aliphatic rings. The summed E-state index contributed by atoms with van der Waals surface area (Å²) >= 11 is 0. The first kappa shape index (κ1) is 22.8. The Morgan fingerprint density at radius 2 is 1.59 bits per heavy atom. The molecule has 168 valence electrons. The first-order valence-corrected chi connectivity index (χ1v) is 11.8. The predicted octanol–water partition coefficient (Wildman–Crippen LogP) is 4.96. The molecule has 0 fully saturated rings. The number of aryl methyl sites for hydroxylation is 1. The number of anilines is 1. The molecule has 4 rings (SSSR count). The van der Waals surface area contributed by atoms with Crippen LogP contribution in [0.1, 0.15) is 27.2 Å². The fourth-order valence-electron chi connectivity index (χ4n) is 3.33. The van der Waals surface area contributed by atoms with E-state index in [1.54, 1.807) is 54.6 Å². The quantitative estimate of drug-likeness (QED) is 0.404. The maximum absolute atomic E-state index is 13.0. The molecule has 0 aliphatic carbocycles. The van der Waals surface area contributed by atoms with Gasteiger partial charge in [0.25, 0.3) is 10.0 Å². The Morgan fingerprint density at radius 3 is 2.26 bits per heavy atom. The fourth-order valence-corrected chi connectivity index (χ4v) is 4.41. The number of hydrogen-bond acceptors (Lipinski definition) is 4. The van der Waals surface area contributed by atoms with Crippen LogP contribution in [0.5, 0.6) is 0 Å². The molecule has 0 bridgehead atoms. The lowest BCUT2D eigenvalue weighted by molar-refractivity contribution is 0.0690. The molecule has 0 saturated heterocycles. The van der Waals surface area contributed by atoms with E-state index in [-0.39, 0.29) is 10.6 Å². The molecule has 34 heavy (non-hydrogen) atoms. The van der Waals surface area contributed by atoms with E-state index in [0.29, 0.717) is 16.8 Å². The van der Waals surface area contributed by atoms with Crippen LogP contribution in [0.15, 0.2) is 96.0 Å². The number of carboxylic acid groups (broad SMARTS) is 1. The van der Waals surface area contributed by atoms with E-state index in [2.05, 4.69) is 21.5 Å². The maximum atomic E-state index is 13.0. The number of nitrogens with zero attached hydrogens (tertiary/aromatic N) is 1. The van der Waals surface area contributed by atoms with Crippen molar-refractivity contribution in [3.8, 4) is 23.0 Å². The second-order valence-corrected chi connectivity index (χ2v) is 9.16. The van der Waals surface area contributed by atoms with Gasteiger partial charge in [0.2, 0.25) is 0 Å². The van der Waals surface area contributed by atoms with Crippen LogP contribution >= 0.6 is 0 Å². The average Bonchev–Trinajstić information content (AvgIpc) is 2.84. The van der Waals surface area contributed by atoms with Crippen molar-refractivity contribution in [2.24, 2.45) is 0 Å². The van der Waals surface area contributed by atoms with Crippen molar-refractivity contribution in [1.29, 1.82) is 0 Å². The Labute approximate surface area is 198 Å². The molecule has 7 heteroatoms. The molecule has 4 aromatic rings. The van der Waals surface area contributed by atoms with Gasteiger partial charge in [-0.15, -0.1) is 0 Å². The molecular formula is C27H20N2O4S. The number of para-hydroxylation sites is 1. The molecular weight excluding hydrogens is 448 g/mol. The van der Waals surface area contributed by atoms with Crippen LogP contribution in [0.2, 0.25) is 0 Å². The van der Waals surface area contributed by atoms with Crippen LogP contribution in [0.3, 0.4) is 0 Å². The summed E-state index contributed by atoms with van der Waals surface area (Å²) in [6, 6.07) is 24.4. The standard InChI is InChI=1S/C27H20N2O4S/c1-19-6-2-4-8-24(19)21-13-15-23(16-14-21)34(32,33)29-25-9-5-3-7-22(25)12-10-20-11-17-26(27(30)31)28-18-20/h2-9,11,13-18,29H,1H3,(H,30,31). The minimum atomic E-state index is -3.84. The smallest absolute Gasteiger partial charge is 0.354 e. The normalized spacial score (nSPS) is 10.7. The van der Waals surface area contributed by atoms with Crippen molar-refractivity contribution >= 4 is 21.7 Å². The van der Waals surface area contributed by atoms with Gasteiger partial charge in [-0.25, -0.2) is 18.2 Å². The van der Waals surface area contributed by atoms with Gasteiger partial charge in [0, 0.05) is 17.3 Å². The second-order valence-electron chi connectivity index (χ2n) is 7.48. The van der Waals surface area contributed by atoms with E-state index < -0.39 is 16.0 Å². The van der Waals surface area contributed by atoms with Crippen molar-refractivity contribution in [3.05, 3.63) is 114 Å². The molecule has 0 spiro atoms. The van der Waals surface area contributed by atoms with E-state index in [1.165, 1.54) is 12.3 Å². The molecule has 0 unspecified atom stereocenters. The molecule has 1 aromatic heterocycles. The molecule has 6 nitrogen and oxygen atoms in total. The maximum Gasteiger partial charge on any atom is 0.354 e. The predicted molar refractivity (Wildman–Crippen MR) is 131 cm³/mol. The third-order valence-electron chi connectivity index (χ3n) is 5.12. The van der Waals surface area contributed by atoms with Crippen LogP contribution in [0.4, 0.5) is 5.69 Å². The number of sulfonamides is 1. The number of carboxylic acids is 1. The van der Waals surface area contributed by atoms with Gasteiger partial charge in [-0.05, 0) is 60.0 Å². The Kier molecular flexibility index (Phi) is 6.44. The summed E-state index contributed by atoms with van der Waals surface area (Å²) in [5, 5.41) is 8.94. The van der Waals surface area contributed by atoms with Crippen LogP contribution < -0.4 is 4.72 Å². The molecule has 3 aromatic carbocycles. The zero-order valence-corrected chi connectivity index (χ0v) is 19.0. The Hall–Kier alpha value is -4.41. The Bertz CT molecular complexity index is 1520. The number of carbonyl (C=O) groups is 1. The molecule has 0 aliphatic heterocycles. The molecule has 1 heterocycles. The van der Waals surface area contributed by atoms with E-state index in [0.717, 1.165) is 16.7 Å². The van der Waals surface area contributed by atoms with Crippen molar-refractivity contribution < 1.29 is 18.3 Å². The van der Waals surface area contributed by atoms with Crippen molar-refractivity contribution in [3.63, 3.8) is 0 Å². The van der Waals surface area contributed by atoms with Crippen LogP contribution in [-0.4, -0.2) is 24.5 Å². The van der Waals surface area contributed by atoms with E-state index in [4.69, 9.17) is 5.11 Å². The summed E-state index contributed by atoms with van der Waals surface area (Å²) in [7, 11) is -3.84. The average molecular weight is 469 g/mol. The first-order valence-electron chi connectivity index (χ1n) is 10.3. The summed E-state index contributed by atoms with van der Waals surface area (Å²) in [6.07, 6.45) is 1.36. The summed E-state index contributed by atoms with van der Waals surface area (Å²) in [5.74, 6) is 4.69. The number of aromatic carboxylic acids is 1. The minimum absolute atomic E-state index is 0.0767. The Morgan fingerprint density at radius 1 is 0.882 bits per heavy atom. The van der Waals surface area contributed by atoms with Gasteiger partial charge >= 0.3 is 5.97 Å².